The summed E-state index contributed by atoms with van der Waals surface area (Å²) in [5.41, 5.74) is -0.741. The predicted octanol–water partition coefficient (Wildman–Crippen LogP) is 1.94. The lowest BCUT2D eigenvalue weighted by molar-refractivity contribution is -0.172. The van der Waals surface area contributed by atoms with Crippen molar-refractivity contribution in [2.75, 3.05) is 12.3 Å². The molecule has 1 aromatic heterocycles. The van der Waals surface area contributed by atoms with Gasteiger partial charge in [0.2, 0.25) is 5.91 Å². The second kappa shape index (κ2) is 9.76. The number of carbonyl (C=O) groups is 1. The van der Waals surface area contributed by atoms with E-state index in [1.807, 2.05) is 6.07 Å². The first kappa shape index (κ1) is 24.5. The molecule has 0 radical (unpaired) electrons. The van der Waals surface area contributed by atoms with E-state index >= 15 is 0 Å². The van der Waals surface area contributed by atoms with Crippen LogP contribution in [-0.4, -0.2) is 49.3 Å². The van der Waals surface area contributed by atoms with Crippen LogP contribution in [0, 0.1) is 17.1 Å². The van der Waals surface area contributed by atoms with E-state index in [9.17, 15) is 31.6 Å². The summed E-state index contributed by atoms with van der Waals surface area (Å²) < 4.78 is 71.4. The van der Waals surface area contributed by atoms with Gasteiger partial charge in [-0.1, -0.05) is 6.07 Å². The van der Waals surface area contributed by atoms with Crippen LogP contribution in [0.25, 0.3) is 0 Å². The van der Waals surface area contributed by atoms with Crippen LogP contribution in [0.15, 0.2) is 48.8 Å². The molecule has 0 bridgehead atoms. The Morgan fingerprint density at radius 2 is 1.97 bits per heavy atom. The maximum absolute atomic E-state index is 14.3. The van der Waals surface area contributed by atoms with Gasteiger partial charge in [0.1, 0.15) is 29.7 Å². The summed E-state index contributed by atoms with van der Waals surface area (Å²) in [4.78, 5) is 16.5. The topological polar surface area (TPSA) is 121 Å². The minimum atomic E-state index is -3.93. The molecule has 1 unspecified atom stereocenters. The Morgan fingerprint density at radius 3 is 2.55 bits per heavy atom. The van der Waals surface area contributed by atoms with Gasteiger partial charge in [0.15, 0.2) is 9.84 Å². The molecule has 1 fully saturated rings. The molecule has 33 heavy (non-hydrogen) atoms. The first-order valence-corrected chi connectivity index (χ1v) is 11.7. The third-order valence-electron chi connectivity index (χ3n) is 4.81. The van der Waals surface area contributed by atoms with Crippen LogP contribution in [0.4, 0.5) is 13.2 Å². The van der Waals surface area contributed by atoms with Crippen molar-refractivity contribution >= 4 is 15.7 Å². The average Bonchev–Trinajstić information content (AvgIpc) is 3.53. The second-order valence-electron chi connectivity index (χ2n) is 7.73. The number of nitrogens with one attached hydrogen (secondary N) is 2. The number of rotatable bonds is 11. The van der Waals surface area contributed by atoms with Crippen molar-refractivity contribution in [2.45, 2.75) is 36.3 Å². The van der Waals surface area contributed by atoms with Crippen molar-refractivity contribution in [2.24, 2.45) is 0 Å². The number of benzene rings is 1. The highest BCUT2D eigenvalue weighted by Crippen LogP contribution is 2.34. The van der Waals surface area contributed by atoms with Gasteiger partial charge in [0.25, 0.3) is 0 Å². The Morgan fingerprint density at radius 1 is 1.27 bits per heavy atom. The van der Waals surface area contributed by atoms with Crippen LogP contribution in [0.2, 0.25) is 0 Å². The highest BCUT2D eigenvalue weighted by Gasteiger charge is 2.46. The fourth-order valence-corrected chi connectivity index (χ4v) is 4.52. The quantitative estimate of drug-likeness (QED) is 0.502. The highest BCUT2D eigenvalue weighted by molar-refractivity contribution is 7.90. The molecule has 2 aromatic rings. The smallest absolute Gasteiger partial charge is 0.410 e. The number of carbonyl (C=O) groups excluding carboxylic acids is 1. The summed E-state index contributed by atoms with van der Waals surface area (Å²) in [5.74, 6) is -3.07. The zero-order chi connectivity index (χ0) is 24.1. The Labute approximate surface area is 188 Å². The summed E-state index contributed by atoms with van der Waals surface area (Å²) >= 11 is 0. The van der Waals surface area contributed by atoms with Crippen molar-refractivity contribution in [1.82, 2.24) is 15.6 Å². The molecule has 8 nitrogen and oxygen atoms in total. The zero-order valence-corrected chi connectivity index (χ0v) is 18.1. The number of hydrogen-bond acceptors (Lipinski definition) is 7. The monoisotopic (exact) mass is 482 g/mol. The van der Waals surface area contributed by atoms with E-state index in [-0.39, 0.29) is 5.75 Å². The van der Waals surface area contributed by atoms with Crippen molar-refractivity contribution in [3.8, 4) is 11.8 Å². The van der Waals surface area contributed by atoms with E-state index in [2.05, 4.69) is 20.4 Å². The summed E-state index contributed by atoms with van der Waals surface area (Å²) in [6.45, 7) is -1.20. The third-order valence-corrected chi connectivity index (χ3v) is 6.42. The number of ether oxygens (including phenoxy) is 1. The number of sulfone groups is 1. The van der Waals surface area contributed by atoms with Gasteiger partial charge in [0.05, 0.1) is 17.6 Å². The van der Waals surface area contributed by atoms with E-state index in [0.717, 1.165) is 24.3 Å². The molecule has 1 amide bonds. The molecule has 0 saturated heterocycles. The van der Waals surface area contributed by atoms with E-state index in [4.69, 9.17) is 0 Å². The van der Waals surface area contributed by atoms with Crippen LogP contribution >= 0.6 is 0 Å². The molecule has 2 N–H and O–H groups in total. The van der Waals surface area contributed by atoms with Gasteiger partial charge in [0, 0.05) is 12.4 Å². The number of pyridine rings is 1. The largest absolute Gasteiger partial charge is 0.432 e. The van der Waals surface area contributed by atoms with Gasteiger partial charge >= 0.3 is 6.11 Å². The normalized spacial score (nSPS) is 15.8. The fraction of sp³-hybridized carbons (Fsp3) is 0.381. The molecule has 0 aliphatic heterocycles. The number of alkyl halides is 2. The van der Waals surface area contributed by atoms with Crippen LogP contribution in [0.3, 0.4) is 0 Å². The minimum Gasteiger partial charge on any atom is -0.432 e. The Hall–Kier alpha value is -3.17. The van der Waals surface area contributed by atoms with Gasteiger partial charge in [-0.05, 0) is 48.7 Å². The standard InChI is InChI=1S/C21H21F3N4O4S/c22-16-3-5-17(6-4-16)32-21(23,24)14-27-18(19(29)28-20(13-25)7-8-20)12-33(30,31)11-15-2-1-9-26-10-15/h1-6,9-10,18,27H,7-8,11-12,14H2,(H,28,29). The molecular formula is C21H21F3N4O4S. The molecule has 1 aliphatic carbocycles. The summed E-state index contributed by atoms with van der Waals surface area (Å²) in [5, 5.41) is 13.9. The van der Waals surface area contributed by atoms with Gasteiger partial charge in [-0.3, -0.25) is 15.1 Å². The number of nitrogens with zero attached hydrogens (tertiary/aromatic N) is 2. The lowest BCUT2D eigenvalue weighted by Crippen LogP contribution is -2.54. The Balaban J connectivity index is 1.70. The predicted molar refractivity (Wildman–Crippen MR) is 111 cm³/mol. The van der Waals surface area contributed by atoms with E-state index in [1.54, 1.807) is 6.07 Å². The maximum atomic E-state index is 14.3. The van der Waals surface area contributed by atoms with E-state index < -0.39 is 57.3 Å². The van der Waals surface area contributed by atoms with E-state index in [1.165, 1.54) is 18.5 Å². The summed E-state index contributed by atoms with van der Waals surface area (Å²) in [6.07, 6.45) is -0.258. The molecule has 0 spiro atoms. The van der Waals surface area contributed by atoms with E-state index in [0.29, 0.717) is 18.4 Å². The van der Waals surface area contributed by atoms with Gasteiger partial charge < -0.3 is 10.1 Å². The van der Waals surface area contributed by atoms with Crippen molar-refractivity contribution < 1.29 is 31.1 Å². The molecule has 1 heterocycles. The summed E-state index contributed by atoms with van der Waals surface area (Å²) in [7, 11) is -3.93. The SMILES string of the molecule is N#CC1(NC(=O)C(CS(=O)(=O)Cc2cccnc2)NCC(F)(F)Oc2ccc(F)cc2)CC1. The number of halogens is 3. The molecular weight excluding hydrogens is 461 g/mol. The second-order valence-corrected chi connectivity index (χ2v) is 9.83. The summed E-state index contributed by atoms with van der Waals surface area (Å²) in [6, 6.07) is 7.34. The van der Waals surface area contributed by atoms with Gasteiger partial charge in [-0.15, -0.1) is 0 Å². The number of nitriles is 1. The van der Waals surface area contributed by atoms with Gasteiger partial charge in [-0.25, -0.2) is 12.8 Å². The third kappa shape index (κ3) is 7.44. The van der Waals surface area contributed by atoms with Crippen LogP contribution < -0.4 is 15.4 Å². The number of hydrogen-bond donors (Lipinski definition) is 2. The first-order valence-electron chi connectivity index (χ1n) is 9.90. The first-order chi connectivity index (χ1) is 15.5. The Bertz CT molecular complexity index is 1120. The minimum absolute atomic E-state index is 0.310. The molecule has 3 rings (SSSR count). The average molecular weight is 482 g/mol. The highest BCUT2D eigenvalue weighted by atomic mass is 32.2. The van der Waals surface area contributed by atoms with Crippen molar-refractivity contribution in [1.29, 1.82) is 5.26 Å². The Kier molecular flexibility index (Phi) is 7.24. The molecule has 1 aliphatic rings. The lowest BCUT2D eigenvalue weighted by atomic mass is 10.2. The van der Waals surface area contributed by atoms with Crippen LogP contribution in [0.5, 0.6) is 5.75 Å². The van der Waals surface area contributed by atoms with Crippen LogP contribution in [0.1, 0.15) is 18.4 Å². The zero-order valence-electron chi connectivity index (χ0n) is 17.3. The number of amides is 1. The fourth-order valence-electron chi connectivity index (χ4n) is 2.94. The maximum Gasteiger partial charge on any atom is 0.410 e. The molecule has 1 aromatic carbocycles. The van der Waals surface area contributed by atoms with Gasteiger partial charge in [-0.2, -0.15) is 14.0 Å². The number of aromatic nitrogens is 1. The van der Waals surface area contributed by atoms with Crippen molar-refractivity contribution in [3.63, 3.8) is 0 Å². The van der Waals surface area contributed by atoms with Crippen LogP contribution in [-0.2, 0) is 20.4 Å². The molecule has 176 valence electrons. The van der Waals surface area contributed by atoms with Crippen molar-refractivity contribution in [3.05, 3.63) is 60.2 Å². The molecule has 1 atom stereocenters. The molecule has 12 heteroatoms. The molecule has 1 saturated carbocycles. The lowest BCUT2D eigenvalue weighted by Gasteiger charge is -2.24.